The molecule has 0 aromatic heterocycles. The Morgan fingerprint density at radius 2 is 1.63 bits per heavy atom. The molecule has 0 spiro atoms. The summed E-state index contributed by atoms with van der Waals surface area (Å²) in [5.74, 6) is -3.51. The molecule has 1 amide bonds. The topological polar surface area (TPSA) is 154 Å². The fourth-order valence-electron chi connectivity index (χ4n) is 10.1. The molecule has 51 heavy (non-hydrogen) atoms. The molecule has 1 aromatic rings. The van der Waals surface area contributed by atoms with Crippen LogP contribution in [0.15, 0.2) is 41.5 Å². The van der Waals surface area contributed by atoms with Crippen LogP contribution in [-0.4, -0.2) is 131 Å². The number of esters is 2. The van der Waals surface area contributed by atoms with Crippen LogP contribution in [0.3, 0.4) is 0 Å². The van der Waals surface area contributed by atoms with E-state index in [1.54, 1.807) is 49.1 Å². The first-order valence-corrected chi connectivity index (χ1v) is 18.0. The van der Waals surface area contributed by atoms with Gasteiger partial charge >= 0.3 is 18.0 Å². The van der Waals surface area contributed by atoms with E-state index in [1.807, 2.05) is 34.7 Å². The molecule has 0 unspecified atom stereocenters. The summed E-state index contributed by atoms with van der Waals surface area (Å²) in [4.78, 5) is 45.1. The second kappa shape index (κ2) is 12.2. The van der Waals surface area contributed by atoms with Crippen LogP contribution in [0.4, 0.5) is 4.79 Å². The van der Waals surface area contributed by atoms with Gasteiger partial charge in [-0.1, -0.05) is 39.0 Å². The highest BCUT2D eigenvalue weighted by atomic mass is 16.8. The lowest BCUT2D eigenvalue weighted by molar-refractivity contribution is -0.362. The predicted molar refractivity (Wildman–Crippen MR) is 181 cm³/mol. The number of rotatable bonds is 4. The van der Waals surface area contributed by atoms with E-state index in [9.17, 15) is 24.6 Å². The van der Waals surface area contributed by atoms with Crippen LogP contribution in [0, 0.1) is 16.7 Å². The highest BCUT2D eigenvalue weighted by Gasteiger charge is 2.80. The summed E-state index contributed by atoms with van der Waals surface area (Å²) in [6, 6.07) is 8.45. The van der Waals surface area contributed by atoms with E-state index >= 15 is 0 Å². The Morgan fingerprint density at radius 3 is 2.24 bits per heavy atom. The lowest BCUT2D eigenvalue weighted by Crippen LogP contribution is -2.82. The normalized spacial score (nSPS) is 41.1. The van der Waals surface area contributed by atoms with Crippen molar-refractivity contribution in [2.24, 2.45) is 16.7 Å². The van der Waals surface area contributed by atoms with Gasteiger partial charge in [0.1, 0.15) is 36.1 Å². The Kier molecular flexibility index (Phi) is 8.71. The maximum atomic E-state index is 14.2. The minimum Gasteiger partial charge on any atom is -0.455 e. The number of carbonyl (C=O) groups is 3. The SMILES string of the molecule is CC(=O)O[C@@]12CO[C@@H]1C[C@H](OC(=O)N1CCN(C)CC1)[C@@]1(C)[C@@H]3OC(C)(C)O[C@@H]3C3=C(C)[C@@H](O)C[C@@](O)([C@@H](OC(=O)c4ccccc4)[C@H]21)C3(C)C. The number of fused-ring (bicyclic) bond motifs is 8. The van der Waals surface area contributed by atoms with Crippen molar-refractivity contribution in [3.05, 3.63) is 47.0 Å². The number of nitrogens with zero attached hydrogens (tertiary/aromatic N) is 2. The van der Waals surface area contributed by atoms with E-state index in [0.29, 0.717) is 37.3 Å². The number of likely N-dealkylation sites (N-methyl/N-ethyl adjacent to an activating group) is 1. The summed E-state index contributed by atoms with van der Waals surface area (Å²) in [5.41, 5.74) is -4.37. The van der Waals surface area contributed by atoms with Crippen molar-refractivity contribution in [3.63, 3.8) is 0 Å². The van der Waals surface area contributed by atoms with Gasteiger partial charge in [-0.25, -0.2) is 9.59 Å². The third-order valence-corrected chi connectivity index (χ3v) is 12.9. The first-order valence-electron chi connectivity index (χ1n) is 18.0. The van der Waals surface area contributed by atoms with E-state index in [4.69, 9.17) is 28.4 Å². The molecule has 280 valence electrons. The van der Waals surface area contributed by atoms with Crippen LogP contribution in [0.25, 0.3) is 0 Å². The smallest absolute Gasteiger partial charge is 0.410 e. The molecule has 2 N–H and O–H groups in total. The first kappa shape index (κ1) is 36.3. The van der Waals surface area contributed by atoms with Gasteiger partial charge in [-0.3, -0.25) is 4.79 Å². The average Bonchev–Trinajstić information content (AvgIpc) is 3.38. The maximum Gasteiger partial charge on any atom is 0.410 e. The van der Waals surface area contributed by atoms with Crippen LogP contribution < -0.4 is 0 Å². The summed E-state index contributed by atoms with van der Waals surface area (Å²) in [6.45, 7) is 14.6. The molecule has 1 aromatic carbocycles. The quantitative estimate of drug-likeness (QED) is 0.268. The molecule has 13 heteroatoms. The van der Waals surface area contributed by atoms with Gasteiger partial charge in [-0.05, 0) is 51.1 Å². The summed E-state index contributed by atoms with van der Waals surface area (Å²) in [7, 11) is 2.00. The standard InChI is InChI=1S/C38H52N2O11/c1-21-24(42)19-38(45)31(48-32(43)23-12-10-9-11-13-23)29-36(7,30-28(27(21)34(38,3)4)50-35(5,6)51-30)25(18-26-37(29,20-46-26)49-22(2)41)47-33(44)40-16-14-39(8)15-17-40/h9-13,24-26,28-31,42,45H,14-20H2,1-8H3/t24-,25-,26+,28+,29-,30+,31-,36+,37-,38+/m0/s1. The molecule has 10 atom stereocenters. The van der Waals surface area contributed by atoms with Gasteiger partial charge in [-0.2, -0.15) is 0 Å². The van der Waals surface area contributed by atoms with Crippen molar-refractivity contribution in [1.82, 2.24) is 9.80 Å². The second-order valence-corrected chi connectivity index (χ2v) is 16.6. The number of benzene rings is 1. The van der Waals surface area contributed by atoms with Gasteiger partial charge in [0.15, 0.2) is 11.4 Å². The molecule has 2 bridgehead atoms. The van der Waals surface area contributed by atoms with E-state index in [-0.39, 0.29) is 25.0 Å². The Morgan fingerprint density at radius 1 is 0.961 bits per heavy atom. The van der Waals surface area contributed by atoms with Crippen LogP contribution in [-0.2, 0) is 33.2 Å². The highest BCUT2D eigenvalue weighted by molar-refractivity contribution is 5.89. The third-order valence-electron chi connectivity index (χ3n) is 12.9. The molecule has 7 rings (SSSR count). The Balaban J connectivity index is 1.47. The molecule has 13 nitrogen and oxygen atoms in total. The number of aliphatic hydroxyl groups excluding tert-OH is 1. The molecule has 3 heterocycles. The highest BCUT2D eigenvalue weighted by Crippen LogP contribution is 2.67. The van der Waals surface area contributed by atoms with Crippen molar-refractivity contribution in [3.8, 4) is 0 Å². The van der Waals surface area contributed by atoms with Gasteiger partial charge in [0.25, 0.3) is 0 Å². The number of hydrogen-bond acceptors (Lipinski definition) is 12. The van der Waals surface area contributed by atoms with Gasteiger partial charge in [0, 0.05) is 56.8 Å². The van der Waals surface area contributed by atoms with Crippen LogP contribution in [0.2, 0.25) is 0 Å². The van der Waals surface area contributed by atoms with E-state index < -0.39 is 88.4 Å². The fourth-order valence-corrected chi connectivity index (χ4v) is 10.1. The Labute approximate surface area is 299 Å². The number of aliphatic hydroxyl groups is 2. The van der Waals surface area contributed by atoms with E-state index in [2.05, 4.69) is 4.90 Å². The van der Waals surface area contributed by atoms with Crippen LogP contribution in [0.1, 0.15) is 71.7 Å². The summed E-state index contributed by atoms with van der Waals surface area (Å²) in [5, 5.41) is 25.1. The monoisotopic (exact) mass is 712 g/mol. The fraction of sp³-hybridized carbons (Fsp3) is 0.711. The maximum absolute atomic E-state index is 14.2. The zero-order valence-electron chi connectivity index (χ0n) is 30.8. The van der Waals surface area contributed by atoms with E-state index in [0.717, 1.165) is 0 Å². The minimum atomic E-state index is -1.95. The zero-order chi connectivity index (χ0) is 36.9. The van der Waals surface area contributed by atoms with Gasteiger partial charge in [0.05, 0.1) is 24.2 Å². The number of ether oxygens (including phenoxy) is 6. The van der Waals surface area contributed by atoms with Crippen molar-refractivity contribution in [2.75, 3.05) is 39.8 Å². The molecular formula is C38H52N2O11. The number of carbonyl (C=O) groups excluding carboxylic acids is 3. The molecule has 3 aliphatic heterocycles. The average molecular weight is 713 g/mol. The molecule has 3 saturated heterocycles. The van der Waals surface area contributed by atoms with Gasteiger partial charge in [-0.15, -0.1) is 0 Å². The largest absolute Gasteiger partial charge is 0.455 e. The minimum absolute atomic E-state index is 0.0571. The van der Waals surface area contributed by atoms with E-state index in [1.165, 1.54) is 6.92 Å². The van der Waals surface area contributed by atoms with Crippen molar-refractivity contribution in [2.45, 2.75) is 115 Å². The summed E-state index contributed by atoms with van der Waals surface area (Å²) in [6.07, 6.45) is -6.51. The number of hydrogen-bond donors (Lipinski definition) is 2. The van der Waals surface area contributed by atoms with Crippen molar-refractivity contribution in [1.29, 1.82) is 0 Å². The van der Waals surface area contributed by atoms with Crippen molar-refractivity contribution >= 4 is 18.0 Å². The van der Waals surface area contributed by atoms with Crippen LogP contribution >= 0.6 is 0 Å². The number of piperazine rings is 1. The molecule has 3 aliphatic carbocycles. The molecule has 5 fully saturated rings. The summed E-state index contributed by atoms with van der Waals surface area (Å²) >= 11 is 0. The predicted octanol–water partition coefficient (Wildman–Crippen LogP) is 3.06. The molecular weight excluding hydrogens is 660 g/mol. The molecule has 0 radical (unpaired) electrons. The number of amides is 1. The molecule has 2 saturated carbocycles. The summed E-state index contributed by atoms with van der Waals surface area (Å²) < 4.78 is 39.2. The van der Waals surface area contributed by atoms with Crippen LogP contribution in [0.5, 0.6) is 0 Å². The third kappa shape index (κ3) is 5.44. The van der Waals surface area contributed by atoms with Gasteiger partial charge in [0.2, 0.25) is 0 Å². The zero-order valence-corrected chi connectivity index (χ0v) is 30.8. The molecule has 6 aliphatic rings. The lowest BCUT2D eigenvalue weighted by Gasteiger charge is -2.69. The Bertz CT molecular complexity index is 1610. The lowest BCUT2D eigenvalue weighted by atomic mass is 9.44. The first-order chi connectivity index (χ1) is 23.9. The van der Waals surface area contributed by atoms with Gasteiger partial charge < -0.3 is 48.4 Å². The van der Waals surface area contributed by atoms with Crippen molar-refractivity contribution < 1.29 is 53.0 Å². The second-order valence-electron chi connectivity index (χ2n) is 16.6. The Hall–Kier alpha value is -3.07.